The number of hydrogen-bond acceptors (Lipinski definition) is 4. The molecule has 0 heterocycles. The molecule has 23 heavy (non-hydrogen) atoms. The van der Waals surface area contributed by atoms with Gasteiger partial charge in [-0.2, -0.15) is 5.48 Å². The van der Waals surface area contributed by atoms with Crippen molar-refractivity contribution >= 4 is 22.7 Å². The molecule has 0 aliphatic rings. The fraction of sp³-hybridized carbons (Fsp3) is 0.294. The minimum Gasteiger partial charge on any atom is -0.339 e. The van der Waals surface area contributed by atoms with E-state index in [4.69, 9.17) is 9.68 Å². The molecular formula is C17H25N3O3+2. The molecule has 2 N–H and O–H groups in total. The quantitative estimate of drug-likeness (QED) is 0.656. The van der Waals surface area contributed by atoms with Gasteiger partial charge in [-0.3, -0.25) is 0 Å². The molecule has 0 amide bonds. The molecule has 0 unspecified atom stereocenters. The number of nitrogens with zero attached hydrogens (tertiary/aromatic N) is 2. The fourth-order valence-corrected chi connectivity index (χ4v) is 2.07. The summed E-state index contributed by atoms with van der Waals surface area (Å²) < 4.78 is 0. The van der Waals surface area contributed by atoms with Gasteiger partial charge in [0, 0.05) is 18.8 Å². The lowest BCUT2D eigenvalue weighted by atomic mass is 10.2. The first-order chi connectivity index (χ1) is 11.2. The van der Waals surface area contributed by atoms with Crippen LogP contribution >= 0.6 is 0 Å². The van der Waals surface area contributed by atoms with E-state index in [0.717, 1.165) is 17.1 Å². The van der Waals surface area contributed by atoms with Crippen LogP contribution in [0.15, 0.2) is 48.5 Å². The standard InChI is InChI=1S/C15H18N3O3.C2H6/c1-17(13-7-5-4-6-8-13)14-10-9-12(16-20-2)11-15(14)18(19)21-3;1-2/h4-11,16H,1-3H3;1-2H3/q+1;/p+1. The number of rotatable bonds is 6. The van der Waals surface area contributed by atoms with Crippen LogP contribution in [0.25, 0.3) is 0 Å². The van der Waals surface area contributed by atoms with Crippen molar-refractivity contribution in [1.82, 2.24) is 0 Å². The van der Waals surface area contributed by atoms with Crippen molar-refractivity contribution in [2.24, 2.45) is 0 Å². The highest BCUT2D eigenvalue weighted by atomic mass is 16.8. The van der Waals surface area contributed by atoms with Crippen molar-refractivity contribution in [2.45, 2.75) is 13.8 Å². The molecule has 0 fully saturated rings. The van der Waals surface area contributed by atoms with E-state index in [1.807, 2.05) is 68.3 Å². The molecule has 2 aromatic rings. The maximum Gasteiger partial charge on any atom is 0.346 e. The van der Waals surface area contributed by atoms with Crippen LogP contribution < -0.4 is 10.4 Å². The van der Waals surface area contributed by atoms with E-state index in [2.05, 4.69) is 0 Å². The summed E-state index contributed by atoms with van der Waals surface area (Å²) in [7, 11) is 4.80. The topological polar surface area (TPSA) is 58.4 Å². The van der Waals surface area contributed by atoms with Crippen LogP contribution in [-0.2, 0) is 9.68 Å². The molecule has 0 radical (unpaired) electrons. The number of hydrogen-bond donors (Lipinski definition) is 1. The largest absolute Gasteiger partial charge is 0.346 e. The normalized spacial score (nSPS) is 9.61. The van der Waals surface area contributed by atoms with Crippen LogP contribution in [0, 0.1) is 4.91 Å². The Morgan fingerprint density at radius 1 is 1.04 bits per heavy atom. The van der Waals surface area contributed by atoms with Crippen LogP contribution in [0.5, 0.6) is 0 Å². The van der Waals surface area contributed by atoms with E-state index < -0.39 is 0 Å². The minimum absolute atomic E-state index is 0.412. The predicted octanol–water partition coefficient (Wildman–Crippen LogP) is 3.21. The summed E-state index contributed by atoms with van der Waals surface area (Å²) in [5, 5.41) is 0. The van der Waals surface area contributed by atoms with Gasteiger partial charge < -0.3 is 4.90 Å². The van der Waals surface area contributed by atoms with Crippen molar-refractivity contribution in [3.63, 3.8) is 0 Å². The van der Waals surface area contributed by atoms with Gasteiger partial charge in [0.25, 0.3) is 4.92 Å². The highest BCUT2D eigenvalue weighted by Gasteiger charge is 2.25. The van der Waals surface area contributed by atoms with Crippen LogP contribution in [0.4, 0.5) is 22.7 Å². The van der Waals surface area contributed by atoms with E-state index in [1.54, 1.807) is 18.7 Å². The molecule has 0 atom stereocenters. The van der Waals surface area contributed by atoms with E-state index in [9.17, 15) is 4.91 Å². The molecule has 0 aliphatic heterocycles. The fourth-order valence-electron chi connectivity index (χ4n) is 2.07. The second-order valence-electron chi connectivity index (χ2n) is 4.44. The lowest BCUT2D eigenvalue weighted by Crippen LogP contribution is -2.75. The average Bonchev–Trinajstić information content (AvgIpc) is 2.63. The molecule has 0 saturated carbocycles. The number of nitrogens with two attached hydrogens (primary N) is 1. The van der Waals surface area contributed by atoms with Gasteiger partial charge in [0.05, 0.1) is 18.1 Å². The van der Waals surface area contributed by atoms with Gasteiger partial charge in [-0.15, -0.1) is 0 Å². The van der Waals surface area contributed by atoms with Crippen LogP contribution in [0.1, 0.15) is 13.8 Å². The molecule has 6 nitrogen and oxygen atoms in total. The summed E-state index contributed by atoms with van der Waals surface area (Å²) in [4.78, 5) is 24.1. The molecule has 0 bridgehead atoms. The van der Waals surface area contributed by atoms with Gasteiger partial charge in [0.2, 0.25) is 0 Å². The lowest BCUT2D eigenvalue weighted by Gasteiger charge is -2.18. The van der Waals surface area contributed by atoms with Gasteiger partial charge in [0.15, 0.2) is 12.8 Å². The Labute approximate surface area is 137 Å². The van der Waals surface area contributed by atoms with E-state index in [1.165, 1.54) is 7.11 Å². The Morgan fingerprint density at radius 3 is 2.26 bits per heavy atom. The van der Waals surface area contributed by atoms with E-state index in [0.29, 0.717) is 10.6 Å². The summed E-state index contributed by atoms with van der Waals surface area (Å²) >= 11 is 0. The zero-order valence-corrected chi connectivity index (χ0v) is 14.3. The van der Waals surface area contributed by atoms with Gasteiger partial charge in [0.1, 0.15) is 5.69 Å². The zero-order chi connectivity index (χ0) is 17.2. The summed E-state index contributed by atoms with van der Waals surface area (Å²) in [6.45, 7) is 4.00. The van der Waals surface area contributed by atoms with Crippen molar-refractivity contribution in [3.05, 3.63) is 53.4 Å². The Kier molecular flexibility index (Phi) is 7.73. The summed E-state index contributed by atoms with van der Waals surface area (Å²) in [5.74, 6) is 0. The van der Waals surface area contributed by atoms with Crippen LogP contribution in [0.2, 0.25) is 0 Å². The highest BCUT2D eigenvalue weighted by molar-refractivity contribution is 5.73. The van der Waals surface area contributed by atoms with Gasteiger partial charge in [-0.1, -0.05) is 32.0 Å². The lowest BCUT2D eigenvalue weighted by molar-refractivity contribution is -0.830. The van der Waals surface area contributed by atoms with Crippen molar-refractivity contribution in [2.75, 3.05) is 26.2 Å². The predicted molar refractivity (Wildman–Crippen MR) is 91.2 cm³/mol. The molecule has 0 saturated heterocycles. The van der Waals surface area contributed by atoms with Crippen molar-refractivity contribution < 1.29 is 20.1 Å². The maximum absolute atomic E-state index is 11.9. The number of para-hydroxylation sites is 1. The van der Waals surface area contributed by atoms with Gasteiger partial charge >= 0.3 is 5.69 Å². The molecule has 2 aromatic carbocycles. The van der Waals surface area contributed by atoms with Gasteiger partial charge in [-0.25, -0.2) is 9.68 Å². The molecular weight excluding hydrogens is 294 g/mol. The molecule has 6 heteroatoms. The molecule has 124 valence electrons. The first-order valence-corrected chi connectivity index (χ1v) is 7.47. The summed E-state index contributed by atoms with van der Waals surface area (Å²) in [6.07, 6.45) is 0. The monoisotopic (exact) mass is 319 g/mol. The second-order valence-corrected chi connectivity index (χ2v) is 4.44. The van der Waals surface area contributed by atoms with Crippen molar-refractivity contribution in [1.29, 1.82) is 0 Å². The van der Waals surface area contributed by atoms with Crippen LogP contribution in [-0.4, -0.2) is 26.2 Å². The summed E-state index contributed by atoms with van der Waals surface area (Å²) in [5.41, 5.74) is 4.49. The molecule has 2 rings (SSSR count). The highest BCUT2D eigenvalue weighted by Crippen LogP contribution is 2.33. The molecule has 0 spiro atoms. The number of quaternary nitrogens is 1. The Balaban J connectivity index is 0.00000127. The molecule has 0 aromatic heterocycles. The van der Waals surface area contributed by atoms with Crippen LogP contribution in [0.3, 0.4) is 0 Å². The first kappa shape index (κ1) is 18.6. The summed E-state index contributed by atoms with van der Waals surface area (Å²) in [6, 6.07) is 15.2. The zero-order valence-electron chi connectivity index (χ0n) is 14.3. The Hall–Kier alpha value is -2.44. The average molecular weight is 319 g/mol. The van der Waals surface area contributed by atoms with Crippen molar-refractivity contribution in [3.8, 4) is 0 Å². The third kappa shape index (κ3) is 4.77. The van der Waals surface area contributed by atoms with E-state index in [-0.39, 0.29) is 0 Å². The second kappa shape index (κ2) is 9.55. The third-order valence-electron chi connectivity index (χ3n) is 3.12. The first-order valence-electron chi connectivity index (χ1n) is 7.47. The van der Waals surface area contributed by atoms with E-state index >= 15 is 0 Å². The van der Waals surface area contributed by atoms with Gasteiger partial charge in [-0.05, 0) is 18.2 Å². The smallest absolute Gasteiger partial charge is 0.339 e. The Bertz CT molecular complexity index is 618. The minimum atomic E-state index is 0.412. The SMILES string of the molecule is CC.CO[NH2+]c1ccc(N(C)c2ccccc2)c([N+](=O)OC)c1. The number of anilines is 2. The maximum atomic E-state index is 11.9. The Morgan fingerprint density at radius 2 is 1.70 bits per heavy atom. The molecule has 0 aliphatic carbocycles. The third-order valence-corrected chi connectivity index (χ3v) is 3.12. The number of benzene rings is 2.